The minimum atomic E-state index is 0.712. The highest BCUT2D eigenvalue weighted by atomic mass is 32.2. The molecule has 0 atom stereocenters. The lowest BCUT2D eigenvalue weighted by Crippen LogP contribution is -1.95. The summed E-state index contributed by atoms with van der Waals surface area (Å²) in [6, 6.07) is 24.3. The number of hydrogen-bond donors (Lipinski definition) is 0. The quantitative estimate of drug-likeness (QED) is 0.402. The van der Waals surface area contributed by atoms with Crippen molar-refractivity contribution in [2.24, 2.45) is 0 Å². The molecule has 4 rings (SSSR count). The second-order valence-electron chi connectivity index (χ2n) is 6.23. The van der Waals surface area contributed by atoms with E-state index in [9.17, 15) is 0 Å². The van der Waals surface area contributed by atoms with Gasteiger partial charge in [-0.2, -0.15) is 0 Å². The zero-order valence-corrected chi connectivity index (χ0v) is 16.6. The van der Waals surface area contributed by atoms with Gasteiger partial charge in [-0.3, -0.25) is 0 Å². The number of nitrogens with zero attached hydrogens (tertiary/aromatic N) is 2. The van der Waals surface area contributed by atoms with Crippen LogP contribution in [0.3, 0.4) is 0 Å². The molecular formula is C23H20N2O2S. The maximum Gasteiger partial charge on any atom is 0.127 e. The predicted molar refractivity (Wildman–Crippen MR) is 114 cm³/mol. The molecule has 0 saturated carbocycles. The summed E-state index contributed by atoms with van der Waals surface area (Å²) < 4.78 is 10.8. The van der Waals surface area contributed by atoms with Gasteiger partial charge in [-0.1, -0.05) is 66.4 Å². The topological polar surface area (TPSA) is 44.2 Å². The van der Waals surface area contributed by atoms with Gasteiger partial charge in [0.1, 0.15) is 22.2 Å². The average Bonchev–Trinajstić information content (AvgIpc) is 2.77. The van der Waals surface area contributed by atoms with Gasteiger partial charge in [-0.05, 0) is 18.2 Å². The molecule has 0 bridgehead atoms. The molecule has 4 aromatic rings. The van der Waals surface area contributed by atoms with Crippen LogP contribution in [0.2, 0.25) is 0 Å². The van der Waals surface area contributed by atoms with E-state index in [2.05, 4.69) is 34.5 Å². The van der Waals surface area contributed by atoms with Crippen LogP contribution in [0.15, 0.2) is 77.8 Å². The summed E-state index contributed by atoms with van der Waals surface area (Å²) in [6.07, 6.45) is 0. The highest BCUT2D eigenvalue weighted by molar-refractivity contribution is 7.98. The fourth-order valence-electron chi connectivity index (χ4n) is 3.14. The second kappa shape index (κ2) is 8.31. The molecule has 1 heterocycles. The number of hydrogen-bond acceptors (Lipinski definition) is 5. The Morgan fingerprint density at radius 3 is 2.29 bits per heavy atom. The van der Waals surface area contributed by atoms with Crippen molar-refractivity contribution in [1.82, 2.24) is 10.2 Å². The van der Waals surface area contributed by atoms with E-state index in [0.29, 0.717) is 5.75 Å². The van der Waals surface area contributed by atoms with Crippen LogP contribution in [0.5, 0.6) is 11.5 Å². The van der Waals surface area contributed by atoms with Crippen molar-refractivity contribution in [1.29, 1.82) is 0 Å². The zero-order chi connectivity index (χ0) is 19.3. The summed E-state index contributed by atoms with van der Waals surface area (Å²) in [5.41, 5.74) is 3.03. The third kappa shape index (κ3) is 3.66. The van der Waals surface area contributed by atoms with E-state index in [1.54, 1.807) is 26.0 Å². The first-order valence-electron chi connectivity index (χ1n) is 8.94. The van der Waals surface area contributed by atoms with Crippen molar-refractivity contribution >= 4 is 22.5 Å². The van der Waals surface area contributed by atoms with E-state index >= 15 is 0 Å². The van der Waals surface area contributed by atoms with Gasteiger partial charge in [0, 0.05) is 27.7 Å². The minimum Gasteiger partial charge on any atom is -0.497 e. The van der Waals surface area contributed by atoms with Crippen LogP contribution >= 0.6 is 11.8 Å². The van der Waals surface area contributed by atoms with Crippen molar-refractivity contribution in [3.63, 3.8) is 0 Å². The molecule has 0 fully saturated rings. The van der Waals surface area contributed by atoms with Crippen LogP contribution in [-0.2, 0) is 5.75 Å². The fourth-order valence-corrected chi connectivity index (χ4v) is 4.09. The van der Waals surface area contributed by atoms with Crippen molar-refractivity contribution in [2.75, 3.05) is 14.2 Å². The minimum absolute atomic E-state index is 0.712. The Balaban J connectivity index is 1.69. The van der Waals surface area contributed by atoms with Crippen LogP contribution in [0.1, 0.15) is 5.56 Å². The van der Waals surface area contributed by atoms with Gasteiger partial charge < -0.3 is 9.47 Å². The Labute approximate surface area is 168 Å². The Kier molecular flexibility index (Phi) is 5.44. The summed E-state index contributed by atoms with van der Waals surface area (Å²) in [5, 5.41) is 12.2. The number of benzene rings is 3. The number of fused-ring (bicyclic) bond motifs is 1. The van der Waals surface area contributed by atoms with Gasteiger partial charge in [-0.25, -0.2) is 0 Å². The molecule has 0 radical (unpaired) electrons. The summed E-state index contributed by atoms with van der Waals surface area (Å²) in [5.74, 6) is 2.36. The van der Waals surface area contributed by atoms with Crippen LogP contribution in [0, 0.1) is 0 Å². The molecule has 0 aliphatic carbocycles. The first-order valence-corrected chi connectivity index (χ1v) is 9.93. The van der Waals surface area contributed by atoms with Crippen LogP contribution in [0.25, 0.3) is 22.0 Å². The number of ether oxygens (including phenoxy) is 2. The highest BCUT2D eigenvalue weighted by Crippen LogP contribution is 2.35. The largest absolute Gasteiger partial charge is 0.497 e. The number of rotatable bonds is 6. The smallest absolute Gasteiger partial charge is 0.127 e. The SMILES string of the molecule is COc1ccc(OC)c(CSc2nnc(-c3ccccc3)c3ccccc23)c1. The van der Waals surface area contributed by atoms with Crippen molar-refractivity contribution < 1.29 is 9.47 Å². The first-order chi connectivity index (χ1) is 13.8. The lowest BCUT2D eigenvalue weighted by Gasteiger charge is -2.12. The van der Waals surface area contributed by atoms with Crippen molar-refractivity contribution in [3.8, 4) is 22.8 Å². The van der Waals surface area contributed by atoms with Gasteiger partial charge in [0.05, 0.1) is 14.2 Å². The summed E-state index contributed by atoms with van der Waals surface area (Å²) in [4.78, 5) is 0. The number of aromatic nitrogens is 2. The first kappa shape index (κ1) is 18.3. The normalized spacial score (nSPS) is 10.8. The van der Waals surface area contributed by atoms with Gasteiger partial charge in [0.2, 0.25) is 0 Å². The summed E-state index contributed by atoms with van der Waals surface area (Å²) in [6.45, 7) is 0. The number of methoxy groups -OCH3 is 2. The lowest BCUT2D eigenvalue weighted by atomic mass is 10.1. The van der Waals surface area contributed by atoms with E-state index in [4.69, 9.17) is 9.47 Å². The van der Waals surface area contributed by atoms with Gasteiger partial charge >= 0.3 is 0 Å². The second-order valence-corrected chi connectivity index (χ2v) is 7.20. The van der Waals surface area contributed by atoms with Crippen LogP contribution in [-0.4, -0.2) is 24.4 Å². The van der Waals surface area contributed by atoms with E-state index < -0.39 is 0 Å². The third-order valence-electron chi connectivity index (χ3n) is 4.55. The van der Waals surface area contributed by atoms with Crippen molar-refractivity contribution in [3.05, 3.63) is 78.4 Å². The molecule has 0 spiro atoms. The maximum absolute atomic E-state index is 5.49. The Hall–Kier alpha value is -3.05. The Bertz CT molecular complexity index is 1100. The summed E-state index contributed by atoms with van der Waals surface area (Å²) >= 11 is 1.65. The Morgan fingerprint density at radius 1 is 0.786 bits per heavy atom. The fraction of sp³-hybridized carbons (Fsp3) is 0.130. The average molecular weight is 388 g/mol. The van der Waals surface area contributed by atoms with Crippen LogP contribution < -0.4 is 9.47 Å². The molecule has 0 saturated heterocycles. The summed E-state index contributed by atoms with van der Waals surface area (Å²) in [7, 11) is 3.35. The van der Waals surface area contributed by atoms with Gasteiger partial charge in [0.15, 0.2) is 0 Å². The molecule has 1 aromatic heterocycles. The monoisotopic (exact) mass is 388 g/mol. The molecule has 140 valence electrons. The van der Waals surface area contributed by atoms with E-state index in [1.807, 2.05) is 48.5 Å². The lowest BCUT2D eigenvalue weighted by molar-refractivity contribution is 0.400. The van der Waals surface area contributed by atoms with Crippen molar-refractivity contribution in [2.45, 2.75) is 10.8 Å². The molecule has 3 aromatic carbocycles. The number of thioether (sulfide) groups is 1. The van der Waals surface area contributed by atoms with Gasteiger partial charge in [0.25, 0.3) is 0 Å². The molecule has 0 aliphatic rings. The molecule has 5 heteroatoms. The molecule has 28 heavy (non-hydrogen) atoms. The Morgan fingerprint density at radius 2 is 1.54 bits per heavy atom. The van der Waals surface area contributed by atoms with E-state index in [1.165, 1.54) is 0 Å². The molecule has 0 N–H and O–H groups in total. The maximum atomic E-state index is 5.49. The van der Waals surface area contributed by atoms with Gasteiger partial charge in [-0.15, -0.1) is 10.2 Å². The van der Waals surface area contributed by atoms with E-state index in [-0.39, 0.29) is 0 Å². The highest BCUT2D eigenvalue weighted by Gasteiger charge is 2.13. The zero-order valence-electron chi connectivity index (χ0n) is 15.8. The van der Waals surface area contributed by atoms with Crippen LogP contribution in [0.4, 0.5) is 0 Å². The molecule has 0 amide bonds. The molecule has 0 unspecified atom stereocenters. The standard InChI is InChI=1S/C23H20N2O2S/c1-26-18-12-13-21(27-2)17(14-18)15-28-23-20-11-7-6-10-19(20)22(24-25-23)16-8-4-3-5-9-16/h3-14H,15H2,1-2H3. The molecular weight excluding hydrogens is 368 g/mol. The third-order valence-corrected chi connectivity index (χ3v) is 5.58. The molecule has 0 aliphatic heterocycles. The van der Waals surface area contributed by atoms with E-state index in [0.717, 1.165) is 44.1 Å². The predicted octanol–water partition coefficient (Wildman–Crippen LogP) is 5.61. The molecule has 4 nitrogen and oxygen atoms in total.